The summed E-state index contributed by atoms with van der Waals surface area (Å²) in [5.74, 6) is 2.93. The van der Waals surface area contributed by atoms with Crippen LogP contribution in [0.2, 0.25) is 0 Å². The van der Waals surface area contributed by atoms with Gasteiger partial charge >= 0.3 is 0 Å². The lowest BCUT2D eigenvalue weighted by Crippen LogP contribution is -1.96. The maximum atomic E-state index is 5.72. The summed E-state index contributed by atoms with van der Waals surface area (Å²) in [5, 5.41) is 0. The van der Waals surface area contributed by atoms with Crippen LogP contribution >= 0.6 is 12.6 Å². The first-order valence-electron chi connectivity index (χ1n) is 5.36. The Labute approximate surface area is 95.0 Å². The smallest absolute Gasteiger partial charge is 0.127 e. The summed E-state index contributed by atoms with van der Waals surface area (Å²) in [5.41, 5.74) is 5.19. The van der Waals surface area contributed by atoms with E-state index in [9.17, 15) is 0 Å². The number of ether oxygens (including phenoxy) is 2. The summed E-state index contributed by atoms with van der Waals surface area (Å²) in [7, 11) is 0. The molecule has 0 saturated heterocycles. The molecular formula is C12H14O2S. The van der Waals surface area contributed by atoms with Crippen LogP contribution in [0.3, 0.4) is 0 Å². The van der Waals surface area contributed by atoms with Crippen LogP contribution in [-0.2, 0) is 18.6 Å². The Balaban J connectivity index is 2.31. The number of rotatable bonds is 1. The first-order chi connectivity index (χ1) is 7.33. The Morgan fingerprint density at radius 1 is 1.07 bits per heavy atom. The van der Waals surface area contributed by atoms with Gasteiger partial charge in [-0.05, 0) is 12.5 Å². The van der Waals surface area contributed by atoms with Gasteiger partial charge in [0.25, 0.3) is 0 Å². The molecule has 2 nitrogen and oxygen atoms in total. The van der Waals surface area contributed by atoms with Crippen molar-refractivity contribution in [2.75, 3.05) is 13.2 Å². The van der Waals surface area contributed by atoms with Gasteiger partial charge in [-0.3, -0.25) is 0 Å². The molecule has 1 aromatic carbocycles. The van der Waals surface area contributed by atoms with Gasteiger partial charge in [0, 0.05) is 35.3 Å². The number of hydrogen-bond acceptors (Lipinski definition) is 3. The largest absolute Gasteiger partial charge is 0.493 e. The van der Waals surface area contributed by atoms with Gasteiger partial charge in [-0.25, -0.2) is 0 Å². The van der Waals surface area contributed by atoms with Crippen molar-refractivity contribution in [3.05, 3.63) is 22.3 Å². The molecule has 0 bridgehead atoms. The monoisotopic (exact) mass is 222 g/mol. The van der Waals surface area contributed by atoms with Crippen LogP contribution in [0.1, 0.15) is 22.3 Å². The van der Waals surface area contributed by atoms with Crippen molar-refractivity contribution in [1.29, 1.82) is 0 Å². The number of hydrogen-bond donors (Lipinski definition) is 1. The Bertz CT molecular complexity index is 391. The van der Waals surface area contributed by atoms with E-state index in [0.717, 1.165) is 43.3 Å². The van der Waals surface area contributed by atoms with E-state index >= 15 is 0 Å². The van der Waals surface area contributed by atoms with Gasteiger partial charge in [-0.2, -0.15) is 12.6 Å². The molecule has 0 radical (unpaired) electrons. The predicted molar refractivity (Wildman–Crippen MR) is 62.3 cm³/mol. The van der Waals surface area contributed by atoms with Crippen molar-refractivity contribution in [3.8, 4) is 11.5 Å². The molecule has 1 aromatic rings. The third-order valence-corrected chi connectivity index (χ3v) is 3.65. The van der Waals surface area contributed by atoms with Gasteiger partial charge in [0.1, 0.15) is 11.5 Å². The lowest BCUT2D eigenvalue weighted by Gasteiger charge is -2.13. The Hall–Kier alpha value is -0.830. The topological polar surface area (TPSA) is 18.5 Å². The zero-order valence-corrected chi connectivity index (χ0v) is 9.69. The van der Waals surface area contributed by atoms with E-state index in [-0.39, 0.29) is 0 Å². The van der Waals surface area contributed by atoms with E-state index in [0.29, 0.717) is 0 Å². The van der Waals surface area contributed by atoms with Crippen LogP contribution < -0.4 is 9.47 Å². The third kappa shape index (κ3) is 1.19. The molecule has 0 spiro atoms. The molecule has 0 fully saturated rings. The summed E-state index contributed by atoms with van der Waals surface area (Å²) in [4.78, 5) is 0. The maximum absolute atomic E-state index is 5.72. The zero-order valence-electron chi connectivity index (χ0n) is 8.80. The van der Waals surface area contributed by atoms with Gasteiger partial charge in [0.15, 0.2) is 0 Å². The van der Waals surface area contributed by atoms with Crippen molar-refractivity contribution in [1.82, 2.24) is 0 Å². The minimum atomic E-state index is 0.744. The van der Waals surface area contributed by atoms with E-state index in [4.69, 9.17) is 9.47 Å². The fraction of sp³-hybridized carbons (Fsp3) is 0.500. The van der Waals surface area contributed by atoms with Gasteiger partial charge in [-0.15, -0.1) is 0 Å². The highest BCUT2D eigenvalue weighted by atomic mass is 32.1. The number of fused-ring (bicyclic) bond motifs is 2. The average molecular weight is 222 g/mol. The lowest BCUT2D eigenvalue weighted by molar-refractivity contribution is 0.353. The van der Waals surface area contributed by atoms with Gasteiger partial charge < -0.3 is 9.47 Å². The Kier molecular flexibility index (Phi) is 2.09. The van der Waals surface area contributed by atoms with E-state index in [2.05, 4.69) is 19.6 Å². The van der Waals surface area contributed by atoms with E-state index in [1.165, 1.54) is 22.3 Å². The van der Waals surface area contributed by atoms with Gasteiger partial charge in [0.2, 0.25) is 0 Å². The third-order valence-electron chi connectivity index (χ3n) is 3.33. The van der Waals surface area contributed by atoms with Crippen LogP contribution in [0, 0.1) is 6.92 Å². The molecule has 2 aliphatic rings. The highest BCUT2D eigenvalue weighted by Crippen LogP contribution is 2.44. The molecule has 0 aliphatic carbocycles. The second kappa shape index (κ2) is 3.34. The highest BCUT2D eigenvalue weighted by Gasteiger charge is 2.28. The number of thiol groups is 1. The summed E-state index contributed by atoms with van der Waals surface area (Å²) >= 11 is 4.41. The van der Waals surface area contributed by atoms with E-state index in [1.54, 1.807) is 0 Å². The van der Waals surface area contributed by atoms with Crippen LogP contribution in [0.4, 0.5) is 0 Å². The molecule has 2 heterocycles. The van der Waals surface area contributed by atoms with Crippen LogP contribution in [-0.4, -0.2) is 13.2 Å². The summed E-state index contributed by atoms with van der Waals surface area (Å²) in [6.45, 7) is 3.75. The molecule has 0 N–H and O–H groups in total. The lowest BCUT2D eigenvalue weighted by atomic mass is 9.96. The molecule has 0 atom stereocenters. The highest BCUT2D eigenvalue weighted by molar-refractivity contribution is 7.79. The second-order valence-electron chi connectivity index (χ2n) is 4.07. The summed E-state index contributed by atoms with van der Waals surface area (Å²) in [6, 6.07) is 0. The molecule has 3 heteroatoms. The van der Waals surface area contributed by atoms with Crippen LogP contribution in [0.15, 0.2) is 0 Å². The SMILES string of the molecule is Cc1c2c(c(CS)c3c1OCC3)OCC2. The zero-order chi connectivity index (χ0) is 10.4. The molecule has 80 valence electrons. The minimum Gasteiger partial charge on any atom is -0.493 e. The van der Waals surface area contributed by atoms with Crippen molar-refractivity contribution in [2.24, 2.45) is 0 Å². The first kappa shape index (κ1) is 9.40. The minimum absolute atomic E-state index is 0.744. The summed E-state index contributed by atoms with van der Waals surface area (Å²) in [6.07, 6.45) is 2.02. The van der Waals surface area contributed by atoms with Crippen molar-refractivity contribution >= 4 is 12.6 Å². The van der Waals surface area contributed by atoms with Crippen molar-refractivity contribution < 1.29 is 9.47 Å². The molecule has 0 amide bonds. The van der Waals surface area contributed by atoms with Gasteiger partial charge in [-0.1, -0.05) is 0 Å². The molecular weight excluding hydrogens is 208 g/mol. The molecule has 0 aromatic heterocycles. The van der Waals surface area contributed by atoms with Crippen molar-refractivity contribution in [3.63, 3.8) is 0 Å². The maximum Gasteiger partial charge on any atom is 0.127 e. The van der Waals surface area contributed by atoms with E-state index < -0.39 is 0 Å². The fourth-order valence-corrected chi connectivity index (χ4v) is 2.94. The standard InChI is InChI=1S/C12H14O2S/c1-7-8-2-4-14-12(8)10(6-15)9-3-5-13-11(7)9/h15H,2-6H2,1H3. The average Bonchev–Trinajstić information content (AvgIpc) is 2.85. The van der Waals surface area contributed by atoms with Crippen LogP contribution in [0.25, 0.3) is 0 Å². The number of benzene rings is 1. The molecule has 15 heavy (non-hydrogen) atoms. The fourth-order valence-electron chi connectivity index (χ4n) is 2.60. The second-order valence-corrected chi connectivity index (χ2v) is 4.39. The summed E-state index contributed by atoms with van der Waals surface area (Å²) < 4.78 is 11.4. The van der Waals surface area contributed by atoms with Gasteiger partial charge in [0.05, 0.1) is 13.2 Å². The van der Waals surface area contributed by atoms with Crippen LogP contribution in [0.5, 0.6) is 11.5 Å². The molecule has 0 unspecified atom stereocenters. The first-order valence-corrected chi connectivity index (χ1v) is 5.99. The van der Waals surface area contributed by atoms with Crippen molar-refractivity contribution in [2.45, 2.75) is 25.5 Å². The molecule has 3 rings (SSSR count). The molecule has 0 saturated carbocycles. The molecule has 2 aliphatic heterocycles. The predicted octanol–water partition coefficient (Wildman–Crippen LogP) is 2.29. The quantitative estimate of drug-likeness (QED) is 0.735. The Morgan fingerprint density at radius 2 is 1.73 bits per heavy atom. The normalized spacial score (nSPS) is 16.9. The van der Waals surface area contributed by atoms with E-state index in [1.807, 2.05) is 0 Å². The Morgan fingerprint density at radius 3 is 2.47 bits per heavy atom.